The molecular formula is C19H16N4O. The Labute approximate surface area is 139 Å². The first kappa shape index (κ1) is 14.4. The van der Waals surface area contributed by atoms with Gasteiger partial charge < -0.3 is 9.72 Å². The Kier molecular flexibility index (Phi) is 3.67. The van der Waals surface area contributed by atoms with Crippen LogP contribution < -0.4 is 4.74 Å². The molecule has 0 aliphatic carbocycles. The molecule has 0 saturated carbocycles. The molecule has 0 bridgehead atoms. The summed E-state index contributed by atoms with van der Waals surface area (Å²) in [6.45, 7) is 2.11. The summed E-state index contributed by atoms with van der Waals surface area (Å²) < 4.78 is 5.84. The van der Waals surface area contributed by atoms with E-state index in [0.717, 1.165) is 23.2 Å². The zero-order valence-electron chi connectivity index (χ0n) is 13.2. The van der Waals surface area contributed by atoms with Crippen molar-refractivity contribution in [1.29, 1.82) is 0 Å². The summed E-state index contributed by atoms with van der Waals surface area (Å²) in [5.41, 5.74) is 3.73. The van der Waals surface area contributed by atoms with Crippen LogP contribution in [0.3, 0.4) is 0 Å². The maximum atomic E-state index is 5.84. The Morgan fingerprint density at radius 3 is 2.79 bits per heavy atom. The minimum absolute atomic E-state index is 0.446. The van der Waals surface area contributed by atoms with Gasteiger partial charge in [0.1, 0.15) is 11.4 Å². The first-order valence-electron chi connectivity index (χ1n) is 7.86. The van der Waals surface area contributed by atoms with E-state index in [4.69, 9.17) is 4.74 Å². The van der Waals surface area contributed by atoms with Gasteiger partial charge in [-0.1, -0.05) is 31.2 Å². The van der Waals surface area contributed by atoms with Gasteiger partial charge in [-0.05, 0) is 36.2 Å². The molecule has 0 radical (unpaired) electrons. The highest BCUT2D eigenvalue weighted by Gasteiger charge is 2.09. The molecule has 2 aromatic heterocycles. The monoisotopic (exact) mass is 316 g/mol. The van der Waals surface area contributed by atoms with Crippen LogP contribution in [-0.2, 0) is 6.42 Å². The van der Waals surface area contributed by atoms with E-state index in [1.165, 1.54) is 5.56 Å². The lowest BCUT2D eigenvalue weighted by Crippen LogP contribution is -1.93. The second kappa shape index (κ2) is 6.12. The van der Waals surface area contributed by atoms with Crippen molar-refractivity contribution in [2.45, 2.75) is 13.3 Å². The molecule has 0 amide bonds. The van der Waals surface area contributed by atoms with Gasteiger partial charge in [-0.15, -0.1) is 0 Å². The summed E-state index contributed by atoms with van der Waals surface area (Å²) in [7, 11) is 0. The van der Waals surface area contributed by atoms with E-state index >= 15 is 0 Å². The molecule has 0 spiro atoms. The van der Waals surface area contributed by atoms with Crippen LogP contribution in [0.1, 0.15) is 12.5 Å². The number of hydrogen-bond acceptors (Lipinski definition) is 4. The first-order chi connectivity index (χ1) is 11.8. The summed E-state index contributed by atoms with van der Waals surface area (Å²) in [5, 5.41) is 0. The second-order valence-electron chi connectivity index (χ2n) is 5.45. The molecule has 5 heteroatoms. The molecule has 0 atom stereocenters. The minimum Gasteiger partial charge on any atom is -0.437 e. The lowest BCUT2D eigenvalue weighted by molar-refractivity contribution is 0.460. The molecule has 0 aliphatic rings. The number of nitrogens with one attached hydrogen (secondary N) is 1. The van der Waals surface area contributed by atoms with E-state index in [2.05, 4.69) is 32.9 Å². The van der Waals surface area contributed by atoms with Crippen molar-refractivity contribution >= 4 is 11.0 Å². The lowest BCUT2D eigenvalue weighted by Gasteiger charge is -2.06. The van der Waals surface area contributed by atoms with Crippen LogP contribution in [0.15, 0.2) is 60.9 Å². The van der Waals surface area contributed by atoms with E-state index in [-0.39, 0.29) is 0 Å². The standard InChI is InChI=1S/C19H16N4O/c1-2-13-6-5-7-14(10-13)24-18-12-20-11-17(21-18)19-22-15-8-3-4-9-16(15)23-19/h3-12H,2H2,1H3,(H,22,23). The van der Waals surface area contributed by atoms with Gasteiger partial charge in [0.2, 0.25) is 5.88 Å². The van der Waals surface area contributed by atoms with E-state index in [0.29, 0.717) is 17.4 Å². The Morgan fingerprint density at radius 1 is 1.00 bits per heavy atom. The third-order valence-corrected chi connectivity index (χ3v) is 3.77. The van der Waals surface area contributed by atoms with Crippen LogP contribution in [0, 0.1) is 0 Å². The number of aromatic amines is 1. The van der Waals surface area contributed by atoms with E-state index in [9.17, 15) is 0 Å². The highest BCUT2D eigenvalue weighted by atomic mass is 16.5. The Bertz CT molecular complexity index is 960. The fourth-order valence-electron chi connectivity index (χ4n) is 2.54. The average Bonchev–Trinajstić information content (AvgIpc) is 3.06. The molecule has 0 fully saturated rings. The second-order valence-corrected chi connectivity index (χ2v) is 5.45. The topological polar surface area (TPSA) is 63.7 Å². The predicted octanol–water partition coefficient (Wildman–Crippen LogP) is 4.37. The summed E-state index contributed by atoms with van der Waals surface area (Å²) >= 11 is 0. The predicted molar refractivity (Wildman–Crippen MR) is 93.0 cm³/mol. The van der Waals surface area contributed by atoms with Gasteiger partial charge >= 0.3 is 0 Å². The Hall–Kier alpha value is -3.21. The van der Waals surface area contributed by atoms with E-state index in [1.54, 1.807) is 12.4 Å². The van der Waals surface area contributed by atoms with Crippen LogP contribution >= 0.6 is 0 Å². The van der Waals surface area contributed by atoms with Gasteiger partial charge in [0.25, 0.3) is 0 Å². The number of aromatic nitrogens is 4. The van der Waals surface area contributed by atoms with Crippen molar-refractivity contribution in [1.82, 2.24) is 19.9 Å². The molecule has 0 aliphatic heterocycles. The maximum Gasteiger partial charge on any atom is 0.238 e. The average molecular weight is 316 g/mol. The maximum absolute atomic E-state index is 5.84. The van der Waals surface area contributed by atoms with E-state index in [1.807, 2.05) is 42.5 Å². The fourth-order valence-corrected chi connectivity index (χ4v) is 2.54. The van der Waals surface area contributed by atoms with Crippen LogP contribution in [0.4, 0.5) is 0 Å². The van der Waals surface area contributed by atoms with Crippen molar-refractivity contribution in [2.24, 2.45) is 0 Å². The molecule has 1 N–H and O–H groups in total. The zero-order chi connectivity index (χ0) is 16.4. The normalized spacial score (nSPS) is 10.9. The molecule has 118 valence electrons. The number of ether oxygens (including phenoxy) is 1. The van der Waals surface area contributed by atoms with E-state index < -0.39 is 0 Å². The Morgan fingerprint density at radius 2 is 1.92 bits per heavy atom. The first-order valence-corrected chi connectivity index (χ1v) is 7.86. The number of fused-ring (bicyclic) bond motifs is 1. The summed E-state index contributed by atoms with van der Waals surface area (Å²) in [6.07, 6.45) is 4.24. The SMILES string of the molecule is CCc1cccc(Oc2cncc(-c3nc4ccccc4[nH]3)n2)c1. The minimum atomic E-state index is 0.446. The molecule has 2 heterocycles. The van der Waals surface area contributed by atoms with Gasteiger partial charge in [-0.3, -0.25) is 4.98 Å². The number of imidazole rings is 1. The number of aryl methyl sites for hydroxylation is 1. The van der Waals surface area contributed by atoms with Crippen LogP contribution in [0.25, 0.3) is 22.6 Å². The summed E-state index contributed by atoms with van der Waals surface area (Å²) in [4.78, 5) is 16.5. The Balaban J connectivity index is 1.65. The summed E-state index contributed by atoms with van der Waals surface area (Å²) in [5.74, 6) is 1.88. The highest BCUT2D eigenvalue weighted by molar-refractivity contribution is 5.78. The van der Waals surface area contributed by atoms with Crippen LogP contribution in [0.5, 0.6) is 11.6 Å². The largest absolute Gasteiger partial charge is 0.437 e. The van der Waals surface area contributed by atoms with Crippen molar-refractivity contribution in [3.8, 4) is 23.1 Å². The zero-order valence-corrected chi connectivity index (χ0v) is 13.2. The van der Waals surface area contributed by atoms with Crippen molar-refractivity contribution in [3.63, 3.8) is 0 Å². The van der Waals surface area contributed by atoms with Gasteiger partial charge in [-0.25, -0.2) is 9.97 Å². The fraction of sp³-hybridized carbons (Fsp3) is 0.105. The smallest absolute Gasteiger partial charge is 0.238 e. The number of benzene rings is 2. The molecule has 5 nitrogen and oxygen atoms in total. The third kappa shape index (κ3) is 2.84. The summed E-state index contributed by atoms with van der Waals surface area (Å²) in [6, 6.07) is 15.8. The molecule has 4 rings (SSSR count). The van der Waals surface area contributed by atoms with Gasteiger partial charge in [0, 0.05) is 0 Å². The molecule has 0 saturated heterocycles. The van der Waals surface area contributed by atoms with Crippen molar-refractivity contribution in [2.75, 3.05) is 0 Å². The quantitative estimate of drug-likeness (QED) is 0.607. The number of para-hydroxylation sites is 2. The number of H-pyrrole nitrogens is 1. The van der Waals surface area contributed by atoms with Gasteiger partial charge in [0.15, 0.2) is 5.82 Å². The lowest BCUT2D eigenvalue weighted by atomic mass is 10.2. The van der Waals surface area contributed by atoms with Gasteiger partial charge in [0.05, 0.1) is 23.4 Å². The van der Waals surface area contributed by atoms with Crippen molar-refractivity contribution < 1.29 is 4.74 Å². The molecule has 4 aromatic rings. The molecular weight excluding hydrogens is 300 g/mol. The van der Waals surface area contributed by atoms with Gasteiger partial charge in [-0.2, -0.15) is 0 Å². The number of rotatable bonds is 4. The third-order valence-electron chi connectivity index (χ3n) is 3.77. The van der Waals surface area contributed by atoms with Crippen LogP contribution in [-0.4, -0.2) is 19.9 Å². The molecule has 24 heavy (non-hydrogen) atoms. The number of nitrogens with zero attached hydrogens (tertiary/aromatic N) is 3. The number of hydrogen-bond donors (Lipinski definition) is 1. The molecule has 0 unspecified atom stereocenters. The van der Waals surface area contributed by atoms with Crippen LogP contribution in [0.2, 0.25) is 0 Å². The highest BCUT2D eigenvalue weighted by Crippen LogP contribution is 2.23. The molecule has 2 aromatic carbocycles. The van der Waals surface area contributed by atoms with Crippen molar-refractivity contribution in [3.05, 3.63) is 66.5 Å².